The molecule has 5 heteroatoms. The molecule has 3 rings (SSSR count). The van der Waals surface area contributed by atoms with E-state index < -0.39 is 0 Å². The normalized spacial score (nSPS) is 22.5. The highest BCUT2D eigenvalue weighted by molar-refractivity contribution is 5.60. The smallest absolute Gasteiger partial charge is 0.245 e. The molecule has 0 aliphatic carbocycles. The molecule has 1 atom stereocenters. The maximum absolute atomic E-state index is 5.92. The first kappa shape index (κ1) is 14.1. The molecule has 2 aromatic rings. The fourth-order valence-electron chi connectivity index (χ4n) is 3.01. The van der Waals surface area contributed by atoms with Gasteiger partial charge in [-0.25, -0.2) is 0 Å². The summed E-state index contributed by atoms with van der Waals surface area (Å²) >= 11 is 0. The SMILES string of the molecule is Cc1ccccc1-c1nc(N2CCCC(C)(CN)C2)n[nH]1. The Hall–Kier alpha value is -1.88. The van der Waals surface area contributed by atoms with Crippen molar-refractivity contribution in [1.29, 1.82) is 0 Å². The minimum atomic E-state index is 0.168. The molecule has 21 heavy (non-hydrogen) atoms. The lowest BCUT2D eigenvalue weighted by molar-refractivity contribution is 0.270. The van der Waals surface area contributed by atoms with Crippen molar-refractivity contribution >= 4 is 5.95 Å². The van der Waals surface area contributed by atoms with E-state index in [1.165, 1.54) is 12.0 Å². The number of hydrogen-bond acceptors (Lipinski definition) is 4. The molecule has 112 valence electrons. The van der Waals surface area contributed by atoms with E-state index in [0.717, 1.165) is 36.8 Å². The Kier molecular flexibility index (Phi) is 3.68. The zero-order chi connectivity index (χ0) is 14.9. The number of H-pyrrole nitrogens is 1. The third-order valence-corrected chi connectivity index (χ3v) is 4.43. The predicted octanol–water partition coefficient (Wildman–Crippen LogP) is 2.35. The maximum Gasteiger partial charge on any atom is 0.245 e. The van der Waals surface area contributed by atoms with Crippen LogP contribution in [-0.4, -0.2) is 34.8 Å². The molecular formula is C16H23N5. The average Bonchev–Trinajstić information content (AvgIpc) is 2.97. The highest BCUT2D eigenvalue weighted by Crippen LogP contribution is 2.30. The number of aryl methyl sites for hydroxylation is 1. The maximum atomic E-state index is 5.92. The zero-order valence-electron chi connectivity index (χ0n) is 12.8. The molecule has 0 bridgehead atoms. The standard InChI is InChI=1S/C16H23N5/c1-12-6-3-4-7-13(12)14-18-15(20-19-14)21-9-5-8-16(2,10-17)11-21/h3-4,6-7H,5,8-11,17H2,1-2H3,(H,18,19,20). The summed E-state index contributed by atoms with van der Waals surface area (Å²) in [6.07, 6.45) is 2.32. The molecule has 5 nitrogen and oxygen atoms in total. The van der Waals surface area contributed by atoms with Crippen LogP contribution >= 0.6 is 0 Å². The van der Waals surface area contributed by atoms with Crippen molar-refractivity contribution in [3.63, 3.8) is 0 Å². The summed E-state index contributed by atoms with van der Waals surface area (Å²) < 4.78 is 0. The van der Waals surface area contributed by atoms with Gasteiger partial charge in [0, 0.05) is 18.7 Å². The summed E-state index contributed by atoms with van der Waals surface area (Å²) in [5.41, 5.74) is 8.39. The van der Waals surface area contributed by atoms with Gasteiger partial charge in [0.25, 0.3) is 0 Å². The number of nitrogens with zero attached hydrogens (tertiary/aromatic N) is 3. The molecule has 0 amide bonds. The molecular weight excluding hydrogens is 262 g/mol. The van der Waals surface area contributed by atoms with Gasteiger partial charge in [-0.3, -0.25) is 5.10 Å². The quantitative estimate of drug-likeness (QED) is 0.908. The minimum Gasteiger partial charge on any atom is -0.339 e. The van der Waals surface area contributed by atoms with Crippen LogP contribution in [0.2, 0.25) is 0 Å². The van der Waals surface area contributed by atoms with Crippen molar-refractivity contribution < 1.29 is 0 Å². The monoisotopic (exact) mass is 285 g/mol. The molecule has 2 heterocycles. The second-order valence-corrected chi connectivity index (χ2v) is 6.34. The van der Waals surface area contributed by atoms with E-state index in [9.17, 15) is 0 Å². The van der Waals surface area contributed by atoms with E-state index in [4.69, 9.17) is 5.73 Å². The Balaban J connectivity index is 1.84. The molecule has 0 radical (unpaired) electrons. The van der Waals surface area contributed by atoms with Crippen LogP contribution in [0.4, 0.5) is 5.95 Å². The van der Waals surface area contributed by atoms with Crippen molar-refractivity contribution in [2.24, 2.45) is 11.1 Å². The van der Waals surface area contributed by atoms with Crippen LogP contribution in [-0.2, 0) is 0 Å². The predicted molar refractivity (Wildman–Crippen MR) is 85.2 cm³/mol. The van der Waals surface area contributed by atoms with Crippen LogP contribution in [0, 0.1) is 12.3 Å². The van der Waals surface area contributed by atoms with Crippen LogP contribution in [0.3, 0.4) is 0 Å². The first-order chi connectivity index (χ1) is 10.1. The van der Waals surface area contributed by atoms with Gasteiger partial charge < -0.3 is 10.6 Å². The number of anilines is 1. The lowest BCUT2D eigenvalue weighted by Crippen LogP contribution is -2.46. The molecule has 0 spiro atoms. The topological polar surface area (TPSA) is 70.8 Å². The van der Waals surface area contributed by atoms with Gasteiger partial charge in [-0.2, -0.15) is 4.98 Å². The third kappa shape index (κ3) is 2.78. The van der Waals surface area contributed by atoms with Crippen LogP contribution in [0.1, 0.15) is 25.3 Å². The number of aromatic nitrogens is 3. The van der Waals surface area contributed by atoms with Crippen LogP contribution in [0.25, 0.3) is 11.4 Å². The number of nitrogens with two attached hydrogens (primary N) is 1. The van der Waals surface area contributed by atoms with E-state index in [1.807, 2.05) is 12.1 Å². The van der Waals surface area contributed by atoms with Crippen molar-refractivity contribution in [1.82, 2.24) is 15.2 Å². The largest absolute Gasteiger partial charge is 0.339 e. The average molecular weight is 285 g/mol. The Morgan fingerprint density at radius 2 is 2.19 bits per heavy atom. The molecule has 1 aromatic heterocycles. The molecule has 1 aromatic carbocycles. The summed E-state index contributed by atoms with van der Waals surface area (Å²) in [6, 6.07) is 8.22. The lowest BCUT2D eigenvalue weighted by Gasteiger charge is -2.39. The van der Waals surface area contributed by atoms with Gasteiger partial charge in [0.1, 0.15) is 0 Å². The number of benzene rings is 1. The second kappa shape index (κ2) is 5.48. The molecule has 0 saturated carbocycles. The molecule has 1 saturated heterocycles. The number of rotatable bonds is 3. The van der Waals surface area contributed by atoms with Crippen molar-refractivity contribution in [3.8, 4) is 11.4 Å². The van der Waals surface area contributed by atoms with Gasteiger partial charge in [0.05, 0.1) is 0 Å². The Morgan fingerprint density at radius 1 is 1.38 bits per heavy atom. The van der Waals surface area contributed by atoms with Crippen LogP contribution in [0.5, 0.6) is 0 Å². The molecule has 1 unspecified atom stereocenters. The summed E-state index contributed by atoms with van der Waals surface area (Å²) in [5, 5.41) is 7.48. The summed E-state index contributed by atoms with van der Waals surface area (Å²) in [6.45, 7) is 6.96. The number of nitrogens with one attached hydrogen (secondary N) is 1. The molecule has 1 aliphatic rings. The van der Waals surface area contributed by atoms with E-state index in [0.29, 0.717) is 6.54 Å². The van der Waals surface area contributed by atoms with Crippen molar-refractivity contribution in [2.75, 3.05) is 24.5 Å². The summed E-state index contributed by atoms with van der Waals surface area (Å²) in [7, 11) is 0. The Bertz CT molecular complexity index is 621. The van der Waals surface area contributed by atoms with E-state index >= 15 is 0 Å². The summed E-state index contributed by atoms with van der Waals surface area (Å²) in [4.78, 5) is 6.93. The zero-order valence-corrected chi connectivity index (χ0v) is 12.8. The number of aromatic amines is 1. The van der Waals surface area contributed by atoms with Crippen LogP contribution in [0.15, 0.2) is 24.3 Å². The number of hydrogen-bond donors (Lipinski definition) is 2. The third-order valence-electron chi connectivity index (χ3n) is 4.43. The van der Waals surface area contributed by atoms with Gasteiger partial charge in [0.2, 0.25) is 5.95 Å². The van der Waals surface area contributed by atoms with E-state index in [1.54, 1.807) is 0 Å². The van der Waals surface area contributed by atoms with Crippen molar-refractivity contribution in [3.05, 3.63) is 29.8 Å². The van der Waals surface area contributed by atoms with Crippen molar-refractivity contribution in [2.45, 2.75) is 26.7 Å². The first-order valence-electron chi connectivity index (χ1n) is 7.55. The first-order valence-corrected chi connectivity index (χ1v) is 7.55. The van der Waals surface area contributed by atoms with Crippen LogP contribution < -0.4 is 10.6 Å². The number of piperidine rings is 1. The second-order valence-electron chi connectivity index (χ2n) is 6.34. The molecule has 3 N–H and O–H groups in total. The van der Waals surface area contributed by atoms with E-state index in [2.05, 4.69) is 46.1 Å². The lowest BCUT2D eigenvalue weighted by atomic mass is 9.82. The van der Waals surface area contributed by atoms with Gasteiger partial charge in [-0.15, -0.1) is 5.10 Å². The van der Waals surface area contributed by atoms with Gasteiger partial charge in [-0.05, 0) is 37.3 Å². The Morgan fingerprint density at radius 3 is 2.95 bits per heavy atom. The van der Waals surface area contributed by atoms with Gasteiger partial charge >= 0.3 is 0 Å². The van der Waals surface area contributed by atoms with Gasteiger partial charge in [-0.1, -0.05) is 31.2 Å². The molecule has 1 fully saturated rings. The highest BCUT2D eigenvalue weighted by atomic mass is 15.4. The fraction of sp³-hybridized carbons (Fsp3) is 0.500. The minimum absolute atomic E-state index is 0.168. The van der Waals surface area contributed by atoms with E-state index in [-0.39, 0.29) is 5.41 Å². The highest BCUT2D eigenvalue weighted by Gasteiger charge is 2.31. The summed E-state index contributed by atoms with van der Waals surface area (Å²) in [5.74, 6) is 1.62. The Labute approximate surface area is 125 Å². The molecule has 1 aliphatic heterocycles. The fourth-order valence-corrected chi connectivity index (χ4v) is 3.01. The van der Waals surface area contributed by atoms with Gasteiger partial charge in [0.15, 0.2) is 5.82 Å².